The molecular weight excluding hydrogens is 700 g/mol. The third-order valence-corrected chi connectivity index (χ3v) is 28.6. The van der Waals surface area contributed by atoms with E-state index in [0.29, 0.717) is 25.8 Å². The van der Waals surface area contributed by atoms with Crippen LogP contribution >= 0.6 is 7.14 Å². The molecule has 2 aromatic rings. The lowest BCUT2D eigenvalue weighted by Gasteiger charge is -2.50. The number of benzene rings is 2. The minimum Gasteiger partial charge on any atom is -0.417 e. The average molecular weight is 771 g/mol. The number of hydrogen-bond acceptors (Lipinski definition) is 5. The summed E-state index contributed by atoms with van der Waals surface area (Å²) in [6.07, 6.45) is 3.07. The largest absolute Gasteiger partial charge is 0.417 e. The van der Waals surface area contributed by atoms with Crippen molar-refractivity contribution in [2.75, 3.05) is 19.4 Å². The summed E-state index contributed by atoms with van der Waals surface area (Å²) in [5.74, 6) is 0. The molecule has 0 aliphatic heterocycles. The van der Waals surface area contributed by atoms with Gasteiger partial charge in [-0.2, -0.15) is 0 Å². The molecule has 1 saturated carbocycles. The second-order valence-electron chi connectivity index (χ2n) is 19.1. The van der Waals surface area contributed by atoms with E-state index in [4.69, 9.17) is 24.6 Å². The third kappa shape index (κ3) is 10.9. The second kappa shape index (κ2) is 16.6. The van der Waals surface area contributed by atoms with E-state index in [1.807, 2.05) is 60.7 Å². The quantitative estimate of drug-likeness (QED) is 0.109. The summed E-state index contributed by atoms with van der Waals surface area (Å²) in [5, 5.41) is 1.89. The molecule has 3 rings (SSSR count). The molecule has 0 spiro atoms. The van der Waals surface area contributed by atoms with Crippen LogP contribution in [0.25, 0.3) is 0 Å². The first kappa shape index (κ1) is 44.0. The van der Waals surface area contributed by atoms with Gasteiger partial charge in [0.05, 0.1) is 6.10 Å². The van der Waals surface area contributed by atoms with Crippen LogP contribution in [0.5, 0.6) is 0 Å². The SMILES string of the molecule is C=C1/C(=C\CP(=O)(c2ccccc2)c2ccccc2)C[C@@H](O[Si](C)(C)C(C)(C)C)[C@@H](O[Si](C)(C)C(C)(C)C)[C@@H]1OCCCO[Si](C)(C)C(C)(C)C. The summed E-state index contributed by atoms with van der Waals surface area (Å²) in [6, 6.07) is 19.8. The number of hydrogen-bond donors (Lipinski definition) is 0. The van der Waals surface area contributed by atoms with Crippen molar-refractivity contribution in [1.82, 2.24) is 0 Å². The molecule has 0 saturated heterocycles. The normalized spacial score (nSPS) is 21.0. The monoisotopic (exact) mass is 770 g/mol. The van der Waals surface area contributed by atoms with Crippen molar-refractivity contribution in [3.63, 3.8) is 0 Å². The van der Waals surface area contributed by atoms with Crippen LogP contribution in [0.3, 0.4) is 0 Å². The van der Waals surface area contributed by atoms with Gasteiger partial charge < -0.3 is 22.6 Å². The van der Waals surface area contributed by atoms with E-state index in [2.05, 4.69) is 108 Å². The van der Waals surface area contributed by atoms with E-state index in [0.717, 1.165) is 28.2 Å². The van der Waals surface area contributed by atoms with Crippen molar-refractivity contribution >= 4 is 42.7 Å². The lowest BCUT2D eigenvalue weighted by molar-refractivity contribution is -0.0719. The number of ether oxygens (including phenoxy) is 1. The van der Waals surface area contributed by atoms with Crippen molar-refractivity contribution in [3.8, 4) is 0 Å². The van der Waals surface area contributed by atoms with Crippen LogP contribution in [0, 0.1) is 0 Å². The summed E-state index contributed by atoms with van der Waals surface area (Å²) < 4.78 is 43.1. The molecule has 286 valence electrons. The van der Waals surface area contributed by atoms with Gasteiger partial charge in [0.25, 0.3) is 0 Å². The molecule has 5 nitrogen and oxygen atoms in total. The number of rotatable bonds is 14. The Labute approximate surface area is 315 Å². The van der Waals surface area contributed by atoms with Crippen LogP contribution in [0.2, 0.25) is 54.4 Å². The highest BCUT2D eigenvalue weighted by Gasteiger charge is 2.50. The first-order valence-corrected chi connectivity index (χ1v) is 29.5. The zero-order chi connectivity index (χ0) is 38.7. The molecule has 9 heteroatoms. The summed E-state index contributed by atoms with van der Waals surface area (Å²) in [6.45, 7) is 40.3. The molecule has 1 aliphatic rings. The van der Waals surface area contributed by atoms with E-state index < -0.39 is 38.2 Å². The van der Waals surface area contributed by atoms with Crippen molar-refractivity contribution in [2.45, 2.75) is 148 Å². The van der Waals surface area contributed by atoms with Gasteiger partial charge in [0.1, 0.15) is 19.3 Å². The van der Waals surface area contributed by atoms with Gasteiger partial charge in [0.2, 0.25) is 0 Å². The minimum absolute atomic E-state index is 0.00549. The summed E-state index contributed by atoms with van der Waals surface area (Å²) in [5.41, 5.74) is 1.97. The Bertz CT molecular complexity index is 1470. The maximum Gasteiger partial charge on any atom is 0.192 e. The van der Waals surface area contributed by atoms with Gasteiger partial charge in [-0.05, 0) is 72.0 Å². The molecular formula is C42H71O5PSi3. The molecule has 0 unspecified atom stereocenters. The van der Waals surface area contributed by atoms with Gasteiger partial charge >= 0.3 is 0 Å². The van der Waals surface area contributed by atoms with Gasteiger partial charge in [-0.1, -0.05) is 136 Å². The third-order valence-electron chi connectivity index (χ3n) is 12.1. The summed E-state index contributed by atoms with van der Waals surface area (Å²) in [7, 11) is -9.34. The van der Waals surface area contributed by atoms with E-state index in [9.17, 15) is 0 Å². The zero-order valence-electron chi connectivity index (χ0n) is 34.8. The Kier molecular flexibility index (Phi) is 14.3. The van der Waals surface area contributed by atoms with Gasteiger partial charge in [-0.3, -0.25) is 0 Å². The molecule has 3 atom stereocenters. The van der Waals surface area contributed by atoms with Gasteiger partial charge in [-0.15, -0.1) is 0 Å². The molecule has 0 amide bonds. The Morgan fingerprint density at radius 3 is 1.61 bits per heavy atom. The fraction of sp³-hybridized carbons (Fsp3) is 0.619. The van der Waals surface area contributed by atoms with Crippen molar-refractivity contribution in [1.29, 1.82) is 0 Å². The lowest BCUT2D eigenvalue weighted by Crippen LogP contribution is -2.58. The molecule has 0 heterocycles. The molecule has 0 radical (unpaired) electrons. The van der Waals surface area contributed by atoms with Crippen LogP contribution in [0.15, 0.2) is 84.5 Å². The lowest BCUT2D eigenvalue weighted by atomic mass is 9.84. The fourth-order valence-electron chi connectivity index (χ4n) is 5.52. The average Bonchev–Trinajstić information content (AvgIpc) is 3.01. The van der Waals surface area contributed by atoms with Gasteiger partial charge in [-0.25, -0.2) is 0 Å². The van der Waals surface area contributed by atoms with E-state index in [-0.39, 0.29) is 27.3 Å². The van der Waals surface area contributed by atoms with Gasteiger partial charge in [0, 0.05) is 36.4 Å². The van der Waals surface area contributed by atoms with Crippen LogP contribution in [-0.4, -0.2) is 62.6 Å². The van der Waals surface area contributed by atoms with Crippen molar-refractivity contribution < 1.29 is 22.6 Å². The summed E-state index contributed by atoms with van der Waals surface area (Å²) in [4.78, 5) is 0. The molecule has 1 aliphatic carbocycles. The highest BCUT2D eigenvalue weighted by molar-refractivity contribution is 7.78. The second-order valence-corrected chi connectivity index (χ2v) is 36.3. The van der Waals surface area contributed by atoms with Crippen LogP contribution < -0.4 is 10.6 Å². The molecule has 51 heavy (non-hydrogen) atoms. The van der Waals surface area contributed by atoms with E-state index >= 15 is 4.57 Å². The molecule has 1 fully saturated rings. The zero-order valence-corrected chi connectivity index (χ0v) is 38.7. The van der Waals surface area contributed by atoms with Crippen LogP contribution in [0.4, 0.5) is 0 Å². The highest BCUT2D eigenvalue weighted by atomic mass is 31.2. The highest BCUT2D eigenvalue weighted by Crippen LogP contribution is 2.48. The predicted molar refractivity (Wildman–Crippen MR) is 228 cm³/mol. The Morgan fingerprint density at radius 2 is 1.16 bits per heavy atom. The minimum atomic E-state index is -2.98. The molecule has 2 aromatic carbocycles. The Balaban J connectivity index is 2.08. The summed E-state index contributed by atoms with van der Waals surface area (Å²) >= 11 is 0. The maximum atomic E-state index is 15.1. The van der Waals surface area contributed by atoms with Crippen molar-refractivity contribution in [2.24, 2.45) is 0 Å². The van der Waals surface area contributed by atoms with E-state index in [1.54, 1.807) is 0 Å². The van der Waals surface area contributed by atoms with Crippen LogP contribution in [0.1, 0.15) is 75.2 Å². The Morgan fingerprint density at radius 1 is 0.706 bits per heavy atom. The predicted octanol–water partition coefficient (Wildman–Crippen LogP) is 11.5. The fourth-order valence-corrected chi connectivity index (χ4v) is 11.7. The molecule has 0 bridgehead atoms. The Hall–Kier alpha value is -1.36. The smallest absolute Gasteiger partial charge is 0.192 e. The molecule has 0 N–H and O–H groups in total. The van der Waals surface area contributed by atoms with Crippen LogP contribution in [-0.2, 0) is 22.6 Å². The topological polar surface area (TPSA) is 54.0 Å². The van der Waals surface area contributed by atoms with Crippen molar-refractivity contribution in [3.05, 3.63) is 84.5 Å². The number of allylic oxidation sites excluding steroid dienone is 1. The standard InChI is InChI=1S/C42H71O5PSi3/c1-33-34(28-31-48(43,35-24-19-17-20-25-35)36-26-21-18-22-27-36)32-37(46-50(13,14)41(5,6)7)39(47-51(15,16)42(8,9)10)38(33)44-29-23-30-45-49(11,12)40(2,3)4/h17-22,24-28,37-39H,1,23,29-32H2,2-16H3/b34-28-/t37-,38-,39-/m1/s1. The van der Waals surface area contributed by atoms with E-state index in [1.165, 1.54) is 0 Å². The first-order chi connectivity index (χ1) is 23.2. The maximum absolute atomic E-state index is 15.1. The molecule has 0 aromatic heterocycles. The first-order valence-electron chi connectivity index (χ1n) is 18.9. The van der Waals surface area contributed by atoms with Gasteiger partial charge in [0.15, 0.2) is 25.0 Å².